The lowest BCUT2D eigenvalue weighted by atomic mass is 9.75. The van der Waals surface area contributed by atoms with Gasteiger partial charge in [-0.25, -0.2) is 8.42 Å². The topological polar surface area (TPSA) is 74.7 Å². The normalized spacial score (nSPS) is 21.4. The van der Waals surface area contributed by atoms with Crippen LogP contribution in [0.1, 0.15) is 26.7 Å². The zero-order valence-corrected chi connectivity index (χ0v) is 15.1. The van der Waals surface area contributed by atoms with Gasteiger partial charge in [0.1, 0.15) is 4.21 Å². The van der Waals surface area contributed by atoms with Gasteiger partial charge in [0.15, 0.2) is 0 Å². The average Bonchev–Trinajstić information content (AvgIpc) is 2.85. The summed E-state index contributed by atoms with van der Waals surface area (Å²) in [6.45, 7) is 4.03. The number of carbonyl (C=O) groups is 1. The summed E-state index contributed by atoms with van der Waals surface area (Å²) in [5, 5.41) is 11.1. The zero-order valence-electron chi connectivity index (χ0n) is 11.9. The van der Waals surface area contributed by atoms with E-state index in [9.17, 15) is 18.3 Å². The summed E-state index contributed by atoms with van der Waals surface area (Å²) < 4.78 is 27.6. The SMILES string of the molecule is CC(C)(C(=O)O)C1CCCN(S(=O)(=O)c2sccc2Br)C1. The number of thiophene rings is 1. The van der Waals surface area contributed by atoms with E-state index in [2.05, 4.69) is 15.9 Å². The molecule has 0 aliphatic carbocycles. The molecule has 1 saturated heterocycles. The highest BCUT2D eigenvalue weighted by Gasteiger charge is 2.42. The van der Waals surface area contributed by atoms with Crippen LogP contribution in [0.2, 0.25) is 0 Å². The van der Waals surface area contributed by atoms with Crippen LogP contribution in [0.15, 0.2) is 20.1 Å². The van der Waals surface area contributed by atoms with Gasteiger partial charge in [-0.1, -0.05) is 0 Å². The highest BCUT2D eigenvalue weighted by Crippen LogP contribution is 2.37. The molecule has 0 aromatic carbocycles. The highest BCUT2D eigenvalue weighted by molar-refractivity contribution is 9.10. The number of hydrogen-bond donors (Lipinski definition) is 1. The van der Waals surface area contributed by atoms with Crippen LogP contribution in [0.5, 0.6) is 0 Å². The van der Waals surface area contributed by atoms with Crippen LogP contribution in [0, 0.1) is 11.3 Å². The van der Waals surface area contributed by atoms with Crippen molar-refractivity contribution in [2.75, 3.05) is 13.1 Å². The van der Waals surface area contributed by atoms with Crippen molar-refractivity contribution in [3.63, 3.8) is 0 Å². The van der Waals surface area contributed by atoms with E-state index in [0.717, 1.165) is 6.42 Å². The van der Waals surface area contributed by atoms with Crippen LogP contribution in [0.25, 0.3) is 0 Å². The van der Waals surface area contributed by atoms with E-state index in [1.54, 1.807) is 25.3 Å². The molecule has 0 radical (unpaired) electrons. The molecule has 118 valence electrons. The minimum atomic E-state index is -3.56. The lowest BCUT2D eigenvalue weighted by Gasteiger charge is -2.38. The van der Waals surface area contributed by atoms with Gasteiger partial charge >= 0.3 is 5.97 Å². The Labute approximate surface area is 137 Å². The minimum Gasteiger partial charge on any atom is -0.481 e. The Balaban J connectivity index is 2.26. The number of halogens is 1. The van der Waals surface area contributed by atoms with Crippen LogP contribution in [-0.2, 0) is 14.8 Å². The van der Waals surface area contributed by atoms with Gasteiger partial charge in [-0.3, -0.25) is 4.79 Å². The van der Waals surface area contributed by atoms with Crippen LogP contribution in [-0.4, -0.2) is 36.9 Å². The molecule has 1 unspecified atom stereocenters. The van der Waals surface area contributed by atoms with Gasteiger partial charge in [-0.2, -0.15) is 4.31 Å². The molecular weight excluding hydrogens is 378 g/mol. The Hall–Kier alpha value is -0.440. The maximum atomic E-state index is 12.7. The number of rotatable bonds is 4. The smallest absolute Gasteiger partial charge is 0.309 e. The first-order chi connectivity index (χ1) is 9.67. The van der Waals surface area contributed by atoms with Crippen LogP contribution < -0.4 is 0 Å². The van der Waals surface area contributed by atoms with Gasteiger partial charge in [0.05, 0.1) is 5.41 Å². The third kappa shape index (κ3) is 3.18. The fourth-order valence-electron chi connectivity index (χ4n) is 2.51. The van der Waals surface area contributed by atoms with E-state index in [1.807, 2.05) is 0 Å². The number of piperidine rings is 1. The molecule has 0 spiro atoms. The summed E-state index contributed by atoms with van der Waals surface area (Å²) in [4.78, 5) is 11.4. The van der Waals surface area contributed by atoms with Crippen molar-refractivity contribution in [1.29, 1.82) is 0 Å². The maximum absolute atomic E-state index is 12.7. The second-order valence-corrected chi connectivity index (χ2v) is 9.69. The first kappa shape index (κ1) is 16.9. The van der Waals surface area contributed by atoms with Crippen LogP contribution >= 0.6 is 27.3 Å². The lowest BCUT2D eigenvalue weighted by Crippen LogP contribution is -2.46. The molecule has 0 bridgehead atoms. The molecular formula is C13H18BrNO4S2. The molecule has 5 nitrogen and oxygen atoms in total. The minimum absolute atomic E-state index is 0.183. The predicted octanol–water partition coefficient (Wildman–Crippen LogP) is 3.02. The third-order valence-corrected chi connectivity index (χ3v) is 8.63. The van der Waals surface area contributed by atoms with Crippen molar-refractivity contribution in [1.82, 2.24) is 4.31 Å². The number of aliphatic carboxylic acids is 1. The first-order valence-corrected chi connectivity index (χ1v) is 9.75. The van der Waals surface area contributed by atoms with E-state index in [-0.39, 0.29) is 16.7 Å². The number of sulfonamides is 1. The standard InChI is InChI=1S/C13H18BrNO4S2/c1-13(2,12(16)17)9-4-3-6-15(8-9)21(18,19)11-10(14)5-7-20-11/h5,7,9H,3-4,6,8H2,1-2H3,(H,16,17). The van der Waals surface area contributed by atoms with Gasteiger partial charge in [-0.15, -0.1) is 11.3 Å². The molecule has 0 saturated carbocycles. The number of carboxylic acid groups (broad SMARTS) is 1. The highest BCUT2D eigenvalue weighted by atomic mass is 79.9. The van der Waals surface area contributed by atoms with Crippen molar-refractivity contribution in [2.45, 2.75) is 30.9 Å². The average molecular weight is 396 g/mol. The van der Waals surface area contributed by atoms with Gasteiger partial charge in [-0.05, 0) is 60.0 Å². The summed E-state index contributed by atoms with van der Waals surface area (Å²) in [6, 6.07) is 1.71. The molecule has 2 heterocycles. The first-order valence-electron chi connectivity index (χ1n) is 6.64. The molecule has 1 atom stereocenters. The van der Waals surface area contributed by atoms with Crippen molar-refractivity contribution in [3.05, 3.63) is 15.9 Å². The van der Waals surface area contributed by atoms with Crippen molar-refractivity contribution in [3.8, 4) is 0 Å². The van der Waals surface area contributed by atoms with E-state index in [0.29, 0.717) is 17.4 Å². The largest absolute Gasteiger partial charge is 0.481 e. The van der Waals surface area contributed by atoms with E-state index >= 15 is 0 Å². The summed E-state index contributed by atoms with van der Waals surface area (Å²) >= 11 is 4.43. The molecule has 1 N–H and O–H groups in total. The van der Waals surface area contributed by atoms with E-state index in [4.69, 9.17) is 0 Å². The van der Waals surface area contributed by atoms with Gasteiger partial charge in [0.25, 0.3) is 10.0 Å². The second kappa shape index (κ2) is 5.98. The van der Waals surface area contributed by atoms with E-state index < -0.39 is 21.4 Å². The Kier molecular flexibility index (Phi) is 4.82. The van der Waals surface area contributed by atoms with Gasteiger partial charge < -0.3 is 5.11 Å². The molecule has 1 aliphatic rings. The summed E-state index contributed by atoms with van der Waals surface area (Å²) in [5.41, 5.74) is -0.930. The Bertz CT molecular complexity index is 638. The molecule has 1 aromatic rings. The molecule has 1 fully saturated rings. The maximum Gasteiger partial charge on any atom is 0.309 e. The molecule has 2 rings (SSSR count). The fraction of sp³-hybridized carbons (Fsp3) is 0.615. The summed E-state index contributed by atoms with van der Waals surface area (Å²) in [5.74, 6) is -1.07. The quantitative estimate of drug-likeness (QED) is 0.849. The second-order valence-electron chi connectivity index (χ2n) is 5.79. The number of carboxylic acids is 1. The molecule has 1 aliphatic heterocycles. The summed E-state index contributed by atoms with van der Waals surface area (Å²) in [7, 11) is -3.56. The Morgan fingerprint density at radius 3 is 2.71 bits per heavy atom. The summed E-state index contributed by atoms with van der Waals surface area (Å²) in [6.07, 6.45) is 1.42. The molecule has 0 amide bonds. The molecule has 1 aromatic heterocycles. The van der Waals surface area contributed by atoms with Crippen LogP contribution in [0.4, 0.5) is 0 Å². The van der Waals surface area contributed by atoms with Crippen molar-refractivity contribution < 1.29 is 18.3 Å². The Morgan fingerprint density at radius 2 is 2.19 bits per heavy atom. The number of hydrogen-bond acceptors (Lipinski definition) is 4. The molecule has 21 heavy (non-hydrogen) atoms. The third-order valence-electron chi connectivity index (χ3n) is 4.11. The van der Waals surface area contributed by atoms with Gasteiger partial charge in [0, 0.05) is 17.6 Å². The van der Waals surface area contributed by atoms with Crippen molar-refractivity contribution >= 4 is 43.3 Å². The van der Waals surface area contributed by atoms with Crippen molar-refractivity contribution in [2.24, 2.45) is 11.3 Å². The van der Waals surface area contributed by atoms with Gasteiger partial charge in [0.2, 0.25) is 0 Å². The molecule has 8 heteroatoms. The predicted molar refractivity (Wildman–Crippen MR) is 84.9 cm³/mol. The zero-order chi connectivity index (χ0) is 15.8. The number of nitrogens with zero attached hydrogens (tertiary/aromatic N) is 1. The van der Waals surface area contributed by atoms with E-state index in [1.165, 1.54) is 15.6 Å². The Morgan fingerprint density at radius 1 is 1.52 bits per heavy atom. The fourth-order valence-corrected chi connectivity index (χ4v) is 6.48. The monoisotopic (exact) mass is 395 g/mol. The van der Waals surface area contributed by atoms with Crippen LogP contribution in [0.3, 0.4) is 0 Å². The lowest BCUT2D eigenvalue weighted by molar-refractivity contribution is -0.151.